The molecule has 0 bridgehead atoms. The predicted octanol–water partition coefficient (Wildman–Crippen LogP) is 2.73. The molecular formula is C14H17N3O. The normalized spacial score (nSPS) is 10.6. The fourth-order valence-corrected chi connectivity index (χ4v) is 1.90. The Bertz CT molecular complexity index is 555. The summed E-state index contributed by atoms with van der Waals surface area (Å²) in [4.78, 5) is 11.8. The second-order valence-corrected chi connectivity index (χ2v) is 4.26. The van der Waals surface area contributed by atoms with Crippen molar-refractivity contribution >= 4 is 5.78 Å². The quantitative estimate of drug-likeness (QED) is 0.776. The molecule has 0 aliphatic rings. The lowest BCUT2D eigenvalue weighted by Crippen LogP contribution is -2.05. The number of rotatable bonds is 4. The first kappa shape index (κ1) is 12.5. The largest absolute Gasteiger partial charge is 0.292 e. The summed E-state index contributed by atoms with van der Waals surface area (Å²) in [6.45, 7) is 5.89. The molecule has 0 unspecified atom stereocenters. The summed E-state index contributed by atoms with van der Waals surface area (Å²) in [5.41, 5.74) is 3.52. The van der Waals surface area contributed by atoms with Crippen LogP contribution >= 0.6 is 0 Å². The third-order valence-corrected chi connectivity index (χ3v) is 2.96. The lowest BCUT2D eigenvalue weighted by atomic mass is 10.1. The van der Waals surface area contributed by atoms with Crippen molar-refractivity contribution in [2.24, 2.45) is 0 Å². The average Bonchev–Trinajstić information content (AvgIpc) is 2.82. The van der Waals surface area contributed by atoms with Crippen molar-refractivity contribution in [1.82, 2.24) is 15.0 Å². The first-order valence-corrected chi connectivity index (χ1v) is 6.22. The Morgan fingerprint density at radius 2 is 1.89 bits per heavy atom. The van der Waals surface area contributed by atoms with Crippen LogP contribution in [0.4, 0.5) is 0 Å². The van der Waals surface area contributed by atoms with Crippen molar-refractivity contribution in [2.75, 3.05) is 0 Å². The molecular weight excluding hydrogens is 226 g/mol. The minimum absolute atomic E-state index is 0.0465. The van der Waals surface area contributed by atoms with Gasteiger partial charge in [-0.05, 0) is 25.5 Å². The van der Waals surface area contributed by atoms with E-state index in [4.69, 9.17) is 0 Å². The zero-order valence-corrected chi connectivity index (χ0v) is 11.0. The van der Waals surface area contributed by atoms with E-state index in [1.807, 2.05) is 45.0 Å². The number of aryl methyl sites for hydroxylation is 1. The van der Waals surface area contributed by atoms with Crippen molar-refractivity contribution in [2.45, 2.75) is 33.6 Å². The lowest BCUT2D eigenvalue weighted by molar-refractivity contribution is 0.0982. The molecule has 0 fully saturated rings. The number of ketones is 1. The van der Waals surface area contributed by atoms with E-state index < -0.39 is 0 Å². The Hall–Kier alpha value is -1.97. The number of carbonyl (C=O) groups excluding carboxylic acids is 1. The Labute approximate surface area is 107 Å². The van der Waals surface area contributed by atoms with Crippen LogP contribution in [-0.2, 0) is 6.42 Å². The van der Waals surface area contributed by atoms with Crippen LogP contribution in [0.25, 0.3) is 5.69 Å². The molecule has 0 amide bonds. The molecule has 2 aromatic rings. The number of Topliss-reactive ketones (excluding diaryl/α,β-unsaturated/α-hetero) is 1. The standard InChI is InChI=1S/C14H17N3O/c1-4-12-14(13(18)5-2)15-16-17(12)11-8-6-10(3)7-9-11/h6-9H,4-5H2,1-3H3. The highest BCUT2D eigenvalue weighted by atomic mass is 16.1. The maximum atomic E-state index is 11.8. The molecule has 0 aliphatic carbocycles. The van der Waals surface area contributed by atoms with Gasteiger partial charge in [-0.1, -0.05) is 36.8 Å². The molecule has 0 spiro atoms. The smallest absolute Gasteiger partial charge is 0.184 e. The summed E-state index contributed by atoms with van der Waals surface area (Å²) in [7, 11) is 0. The topological polar surface area (TPSA) is 47.8 Å². The van der Waals surface area contributed by atoms with E-state index >= 15 is 0 Å². The molecule has 4 heteroatoms. The van der Waals surface area contributed by atoms with Gasteiger partial charge in [0.15, 0.2) is 11.5 Å². The highest BCUT2D eigenvalue weighted by Crippen LogP contribution is 2.15. The van der Waals surface area contributed by atoms with E-state index in [9.17, 15) is 4.79 Å². The first-order chi connectivity index (χ1) is 8.67. The second kappa shape index (κ2) is 5.12. The van der Waals surface area contributed by atoms with Crippen LogP contribution in [0.15, 0.2) is 24.3 Å². The van der Waals surface area contributed by atoms with Gasteiger partial charge in [-0.3, -0.25) is 4.79 Å². The van der Waals surface area contributed by atoms with Gasteiger partial charge in [0, 0.05) is 6.42 Å². The summed E-state index contributed by atoms with van der Waals surface area (Å²) < 4.78 is 1.75. The van der Waals surface area contributed by atoms with Crippen LogP contribution in [0.1, 0.15) is 42.0 Å². The molecule has 0 aliphatic heterocycles. The molecule has 4 nitrogen and oxygen atoms in total. The van der Waals surface area contributed by atoms with E-state index in [0.717, 1.165) is 17.8 Å². The lowest BCUT2D eigenvalue weighted by Gasteiger charge is -2.05. The van der Waals surface area contributed by atoms with Crippen molar-refractivity contribution in [3.8, 4) is 5.69 Å². The third-order valence-electron chi connectivity index (χ3n) is 2.96. The van der Waals surface area contributed by atoms with Crippen LogP contribution in [0.5, 0.6) is 0 Å². The Morgan fingerprint density at radius 3 is 2.44 bits per heavy atom. The zero-order valence-electron chi connectivity index (χ0n) is 11.0. The van der Waals surface area contributed by atoms with E-state index in [2.05, 4.69) is 10.3 Å². The number of hydrogen-bond acceptors (Lipinski definition) is 3. The predicted molar refractivity (Wildman–Crippen MR) is 70.1 cm³/mol. The number of nitrogens with zero attached hydrogens (tertiary/aromatic N) is 3. The summed E-state index contributed by atoms with van der Waals surface area (Å²) in [5.74, 6) is 0.0465. The maximum absolute atomic E-state index is 11.8. The molecule has 18 heavy (non-hydrogen) atoms. The number of carbonyl (C=O) groups is 1. The fourth-order valence-electron chi connectivity index (χ4n) is 1.90. The van der Waals surface area contributed by atoms with Gasteiger partial charge < -0.3 is 0 Å². The number of benzene rings is 1. The Kier molecular flexibility index (Phi) is 3.55. The number of aromatic nitrogens is 3. The van der Waals surface area contributed by atoms with Crippen molar-refractivity contribution in [1.29, 1.82) is 0 Å². The van der Waals surface area contributed by atoms with Gasteiger partial charge in [0.05, 0.1) is 11.4 Å². The molecule has 2 rings (SSSR count). The molecule has 0 N–H and O–H groups in total. The summed E-state index contributed by atoms with van der Waals surface area (Å²) in [5, 5.41) is 8.12. The van der Waals surface area contributed by atoms with Crippen LogP contribution in [-0.4, -0.2) is 20.8 Å². The van der Waals surface area contributed by atoms with Gasteiger partial charge >= 0.3 is 0 Å². The van der Waals surface area contributed by atoms with Crippen molar-refractivity contribution in [3.63, 3.8) is 0 Å². The van der Waals surface area contributed by atoms with Crippen molar-refractivity contribution in [3.05, 3.63) is 41.2 Å². The maximum Gasteiger partial charge on any atom is 0.184 e. The van der Waals surface area contributed by atoms with E-state index in [1.165, 1.54) is 5.56 Å². The highest BCUT2D eigenvalue weighted by molar-refractivity contribution is 5.95. The fraction of sp³-hybridized carbons (Fsp3) is 0.357. The molecule has 0 saturated heterocycles. The van der Waals surface area contributed by atoms with Gasteiger partial charge in [0.25, 0.3) is 0 Å². The molecule has 0 radical (unpaired) electrons. The van der Waals surface area contributed by atoms with Gasteiger partial charge in [-0.25, -0.2) is 4.68 Å². The Morgan fingerprint density at radius 1 is 1.22 bits per heavy atom. The minimum atomic E-state index is 0.0465. The van der Waals surface area contributed by atoms with Crippen LogP contribution in [0.3, 0.4) is 0 Å². The molecule has 0 saturated carbocycles. The van der Waals surface area contributed by atoms with Crippen LogP contribution in [0, 0.1) is 6.92 Å². The van der Waals surface area contributed by atoms with E-state index in [1.54, 1.807) is 4.68 Å². The van der Waals surface area contributed by atoms with Crippen LogP contribution in [0.2, 0.25) is 0 Å². The van der Waals surface area contributed by atoms with Crippen LogP contribution < -0.4 is 0 Å². The van der Waals surface area contributed by atoms with Crippen molar-refractivity contribution < 1.29 is 4.79 Å². The SMILES string of the molecule is CCC(=O)c1nnn(-c2ccc(C)cc2)c1CC. The summed E-state index contributed by atoms with van der Waals surface area (Å²) in [6.07, 6.45) is 1.20. The van der Waals surface area contributed by atoms with Gasteiger partial charge in [0.2, 0.25) is 0 Å². The monoisotopic (exact) mass is 243 g/mol. The molecule has 0 atom stereocenters. The number of hydrogen-bond donors (Lipinski definition) is 0. The highest BCUT2D eigenvalue weighted by Gasteiger charge is 2.17. The first-order valence-electron chi connectivity index (χ1n) is 6.22. The third kappa shape index (κ3) is 2.18. The second-order valence-electron chi connectivity index (χ2n) is 4.26. The molecule has 1 aromatic heterocycles. The minimum Gasteiger partial charge on any atom is -0.292 e. The van der Waals surface area contributed by atoms with Gasteiger partial charge in [0.1, 0.15) is 0 Å². The summed E-state index contributed by atoms with van der Waals surface area (Å²) >= 11 is 0. The van der Waals surface area contributed by atoms with Gasteiger partial charge in [-0.15, -0.1) is 5.10 Å². The van der Waals surface area contributed by atoms with E-state index in [-0.39, 0.29) is 5.78 Å². The molecule has 94 valence electrons. The average molecular weight is 243 g/mol. The molecule has 1 heterocycles. The Balaban J connectivity index is 2.48. The zero-order chi connectivity index (χ0) is 13.1. The summed E-state index contributed by atoms with van der Waals surface area (Å²) in [6, 6.07) is 8.03. The van der Waals surface area contributed by atoms with Gasteiger partial charge in [-0.2, -0.15) is 0 Å². The molecule has 1 aromatic carbocycles. The van der Waals surface area contributed by atoms with E-state index in [0.29, 0.717) is 12.1 Å².